The SMILES string of the molecule is O=S(=O)(O)c1ccc(N2N=C(c3ccccc3)C[C@H]2c2ccccc2)cc1. The van der Waals surface area contributed by atoms with E-state index in [9.17, 15) is 13.0 Å². The van der Waals surface area contributed by atoms with Gasteiger partial charge in [-0.15, -0.1) is 0 Å². The second-order valence-corrected chi connectivity index (χ2v) is 7.78. The molecule has 0 radical (unpaired) electrons. The van der Waals surface area contributed by atoms with Crippen LogP contribution in [0, 0.1) is 0 Å². The molecule has 6 heteroatoms. The van der Waals surface area contributed by atoms with Crippen molar-refractivity contribution in [2.75, 3.05) is 5.01 Å². The van der Waals surface area contributed by atoms with Gasteiger partial charge in [-0.05, 0) is 35.4 Å². The van der Waals surface area contributed by atoms with Crippen LogP contribution in [0.3, 0.4) is 0 Å². The van der Waals surface area contributed by atoms with Crippen LogP contribution in [0.2, 0.25) is 0 Å². The van der Waals surface area contributed by atoms with Gasteiger partial charge in [0.2, 0.25) is 0 Å². The van der Waals surface area contributed by atoms with Gasteiger partial charge in [0.25, 0.3) is 10.1 Å². The van der Waals surface area contributed by atoms with E-state index in [4.69, 9.17) is 5.10 Å². The quantitative estimate of drug-likeness (QED) is 0.688. The number of anilines is 1. The molecule has 1 aliphatic heterocycles. The first-order valence-electron chi connectivity index (χ1n) is 8.57. The van der Waals surface area contributed by atoms with Crippen molar-refractivity contribution in [3.8, 4) is 0 Å². The van der Waals surface area contributed by atoms with E-state index in [0.717, 1.165) is 28.9 Å². The fourth-order valence-electron chi connectivity index (χ4n) is 3.26. The summed E-state index contributed by atoms with van der Waals surface area (Å²) in [6.45, 7) is 0. The van der Waals surface area contributed by atoms with Crippen molar-refractivity contribution in [2.45, 2.75) is 17.4 Å². The molecule has 0 bridgehead atoms. The summed E-state index contributed by atoms with van der Waals surface area (Å²) in [6, 6.07) is 26.2. The molecule has 3 aromatic carbocycles. The van der Waals surface area contributed by atoms with E-state index in [1.54, 1.807) is 12.1 Å². The fourth-order valence-corrected chi connectivity index (χ4v) is 3.74. The number of hydrazone groups is 1. The van der Waals surface area contributed by atoms with Gasteiger partial charge in [-0.1, -0.05) is 60.7 Å². The molecular formula is C21H18N2O3S. The van der Waals surface area contributed by atoms with Crippen LogP contribution in [-0.2, 0) is 10.1 Å². The lowest BCUT2D eigenvalue weighted by Crippen LogP contribution is -2.18. The van der Waals surface area contributed by atoms with Gasteiger partial charge in [0.05, 0.1) is 22.3 Å². The first kappa shape index (κ1) is 17.5. The van der Waals surface area contributed by atoms with Gasteiger partial charge in [-0.25, -0.2) is 0 Å². The second kappa shape index (κ2) is 6.98. The molecule has 1 aliphatic rings. The minimum atomic E-state index is -4.22. The molecule has 0 saturated carbocycles. The van der Waals surface area contributed by atoms with E-state index in [0.29, 0.717) is 0 Å². The molecule has 5 nitrogen and oxygen atoms in total. The summed E-state index contributed by atoms with van der Waals surface area (Å²) in [5.41, 5.74) is 3.94. The third-order valence-corrected chi connectivity index (χ3v) is 5.47. The average molecular weight is 378 g/mol. The number of nitrogens with zero attached hydrogens (tertiary/aromatic N) is 2. The molecular weight excluding hydrogens is 360 g/mol. The minimum absolute atomic E-state index is 0.0120. The highest BCUT2D eigenvalue weighted by Crippen LogP contribution is 2.36. The summed E-state index contributed by atoms with van der Waals surface area (Å²) >= 11 is 0. The van der Waals surface area contributed by atoms with Gasteiger partial charge in [0.1, 0.15) is 0 Å². The van der Waals surface area contributed by atoms with Crippen LogP contribution in [0.4, 0.5) is 5.69 Å². The monoisotopic (exact) mass is 378 g/mol. The Hall–Kier alpha value is -2.96. The highest BCUT2D eigenvalue weighted by molar-refractivity contribution is 7.85. The zero-order chi connectivity index (χ0) is 18.9. The van der Waals surface area contributed by atoms with Crippen molar-refractivity contribution in [1.29, 1.82) is 0 Å². The first-order valence-corrected chi connectivity index (χ1v) is 10.0. The number of hydrogen-bond acceptors (Lipinski definition) is 4. The average Bonchev–Trinajstić information content (AvgIpc) is 3.14. The number of hydrogen-bond donors (Lipinski definition) is 1. The molecule has 0 amide bonds. The highest BCUT2D eigenvalue weighted by Gasteiger charge is 2.29. The molecule has 3 aromatic rings. The standard InChI is InChI=1S/C21H18N2O3S/c24-27(25,26)19-13-11-18(12-14-19)23-21(17-9-5-2-6-10-17)15-20(22-23)16-7-3-1-4-8-16/h1-14,21H,15H2,(H,24,25,26)/t21-/m0/s1. The Morgan fingerprint density at radius 3 is 2.04 bits per heavy atom. The molecule has 0 aromatic heterocycles. The number of benzene rings is 3. The smallest absolute Gasteiger partial charge is 0.282 e. The Bertz CT molecular complexity index is 1060. The van der Waals surface area contributed by atoms with E-state index < -0.39 is 10.1 Å². The van der Waals surface area contributed by atoms with Gasteiger partial charge in [0, 0.05) is 6.42 Å². The summed E-state index contributed by atoms with van der Waals surface area (Å²) in [6.07, 6.45) is 0.744. The molecule has 0 fully saturated rings. The minimum Gasteiger partial charge on any atom is -0.282 e. The molecule has 0 unspecified atom stereocenters. The first-order chi connectivity index (χ1) is 13.0. The zero-order valence-corrected chi connectivity index (χ0v) is 15.3. The van der Waals surface area contributed by atoms with Crippen LogP contribution < -0.4 is 5.01 Å². The van der Waals surface area contributed by atoms with Gasteiger partial charge in [-0.2, -0.15) is 13.5 Å². The van der Waals surface area contributed by atoms with E-state index in [1.807, 2.05) is 53.5 Å². The summed E-state index contributed by atoms with van der Waals surface area (Å²) < 4.78 is 31.8. The fraction of sp³-hybridized carbons (Fsp3) is 0.0952. The lowest BCUT2D eigenvalue weighted by molar-refractivity contribution is 0.483. The molecule has 136 valence electrons. The van der Waals surface area contributed by atoms with Gasteiger partial charge >= 0.3 is 0 Å². The van der Waals surface area contributed by atoms with E-state index in [1.165, 1.54) is 12.1 Å². The van der Waals surface area contributed by atoms with Crippen molar-refractivity contribution >= 4 is 21.5 Å². The van der Waals surface area contributed by atoms with Crippen molar-refractivity contribution in [1.82, 2.24) is 0 Å². The Labute approximate surface area is 158 Å². The third kappa shape index (κ3) is 3.63. The summed E-state index contributed by atoms with van der Waals surface area (Å²) in [4.78, 5) is -0.131. The molecule has 4 rings (SSSR count). The lowest BCUT2D eigenvalue weighted by Gasteiger charge is -2.24. The van der Waals surface area contributed by atoms with Crippen LogP contribution in [0.15, 0.2) is 94.9 Å². The molecule has 1 N–H and O–H groups in total. The van der Waals surface area contributed by atoms with Crippen molar-refractivity contribution < 1.29 is 13.0 Å². The lowest BCUT2D eigenvalue weighted by atomic mass is 9.98. The van der Waals surface area contributed by atoms with Crippen LogP contribution in [0.25, 0.3) is 0 Å². The largest absolute Gasteiger partial charge is 0.294 e. The van der Waals surface area contributed by atoms with Gasteiger partial charge in [-0.3, -0.25) is 9.56 Å². The van der Waals surface area contributed by atoms with E-state index >= 15 is 0 Å². The Balaban J connectivity index is 1.74. The number of rotatable bonds is 4. The van der Waals surface area contributed by atoms with Crippen LogP contribution in [0.5, 0.6) is 0 Å². The molecule has 1 heterocycles. The Morgan fingerprint density at radius 2 is 1.44 bits per heavy atom. The van der Waals surface area contributed by atoms with Crippen molar-refractivity contribution in [2.24, 2.45) is 5.10 Å². The van der Waals surface area contributed by atoms with Crippen molar-refractivity contribution in [3.05, 3.63) is 96.1 Å². The maximum Gasteiger partial charge on any atom is 0.294 e. The Morgan fingerprint density at radius 1 is 0.852 bits per heavy atom. The van der Waals surface area contributed by atoms with Crippen LogP contribution in [0.1, 0.15) is 23.6 Å². The summed E-state index contributed by atoms with van der Waals surface area (Å²) in [7, 11) is -4.22. The van der Waals surface area contributed by atoms with Crippen LogP contribution in [-0.4, -0.2) is 18.7 Å². The normalized spacial score (nSPS) is 17.0. The van der Waals surface area contributed by atoms with Gasteiger partial charge in [0.15, 0.2) is 0 Å². The summed E-state index contributed by atoms with van der Waals surface area (Å²) in [5, 5.41) is 6.72. The molecule has 27 heavy (non-hydrogen) atoms. The maximum absolute atomic E-state index is 11.3. The Kier molecular flexibility index (Phi) is 4.51. The predicted molar refractivity (Wildman–Crippen MR) is 106 cm³/mol. The molecule has 0 aliphatic carbocycles. The molecule has 0 spiro atoms. The zero-order valence-electron chi connectivity index (χ0n) is 14.4. The van der Waals surface area contributed by atoms with E-state index in [2.05, 4.69) is 12.1 Å². The maximum atomic E-state index is 11.3. The van der Waals surface area contributed by atoms with Crippen LogP contribution >= 0.6 is 0 Å². The van der Waals surface area contributed by atoms with Crippen molar-refractivity contribution in [3.63, 3.8) is 0 Å². The topological polar surface area (TPSA) is 70.0 Å². The van der Waals surface area contributed by atoms with Gasteiger partial charge < -0.3 is 0 Å². The highest BCUT2D eigenvalue weighted by atomic mass is 32.2. The van der Waals surface area contributed by atoms with E-state index in [-0.39, 0.29) is 10.9 Å². The molecule has 0 saturated heterocycles. The predicted octanol–water partition coefficient (Wildman–Crippen LogP) is 4.29. The second-order valence-electron chi connectivity index (χ2n) is 6.36. The molecule has 1 atom stereocenters. The third-order valence-electron chi connectivity index (χ3n) is 4.60. The summed E-state index contributed by atoms with van der Waals surface area (Å²) in [5.74, 6) is 0.